The number of nitro groups is 1. The number of rotatable bonds is 7. The van der Waals surface area contributed by atoms with Crippen LogP contribution in [0.3, 0.4) is 0 Å². The zero-order valence-corrected chi connectivity index (χ0v) is 12.5. The second kappa shape index (κ2) is 7.35. The summed E-state index contributed by atoms with van der Waals surface area (Å²) in [6.45, 7) is 1.88. The highest BCUT2D eigenvalue weighted by atomic mass is 35.5. The highest BCUT2D eigenvalue weighted by molar-refractivity contribution is 6.35. The minimum Gasteiger partial charge on any atom is -0.388 e. The number of hydrogen-bond donors (Lipinski definition) is 2. The van der Waals surface area contributed by atoms with Crippen LogP contribution in [0.2, 0.25) is 5.02 Å². The number of nitrogens with zero attached hydrogens (tertiary/aromatic N) is 1. The summed E-state index contributed by atoms with van der Waals surface area (Å²) in [7, 11) is 1.51. The first-order valence-electron chi connectivity index (χ1n) is 6.21. The third kappa shape index (κ3) is 4.96. The zero-order chi connectivity index (χ0) is 16.0. The van der Waals surface area contributed by atoms with Crippen molar-refractivity contribution in [1.82, 2.24) is 5.32 Å². The fourth-order valence-electron chi connectivity index (χ4n) is 1.61. The highest BCUT2D eigenvalue weighted by Crippen LogP contribution is 2.27. The van der Waals surface area contributed by atoms with Crippen molar-refractivity contribution in [3.05, 3.63) is 38.9 Å². The summed E-state index contributed by atoms with van der Waals surface area (Å²) in [5.41, 5.74) is -1.48. The normalized spacial score (nSPS) is 13.5. The monoisotopic (exact) mass is 316 g/mol. The number of ether oxygens (including phenoxy) is 1. The molecule has 0 aliphatic heterocycles. The molecule has 0 fully saturated rings. The molecule has 7 nitrogen and oxygen atoms in total. The largest absolute Gasteiger partial charge is 0.388 e. The lowest BCUT2D eigenvalue weighted by atomic mass is 10.0. The molecule has 21 heavy (non-hydrogen) atoms. The maximum absolute atomic E-state index is 12.0. The number of amides is 1. The average Bonchev–Trinajstić information content (AvgIpc) is 2.42. The molecule has 1 atom stereocenters. The van der Waals surface area contributed by atoms with E-state index >= 15 is 0 Å². The van der Waals surface area contributed by atoms with Gasteiger partial charge in [0.05, 0.1) is 16.1 Å². The fourth-order valence-corrected chi connectivity index (χ4v) is 1.89. The zero-order valence-electron chi connectivity index (χ0n) is 11.8. The van der Waals surface area contributed by atoms with Gasteiger partial charge in [-0.2, -0.15) is 0 Å². The summed E-state index contributed by atoms with van der Waals surface area (Å²) in [4.78, 5) is 22.1. The van der Waals surface area contributed by atoms with Gasteiger partial charge < -0.3 is 15.2 Å². The minimum atomic E-state index is -1.14. The van der Waals surface area contributed by atoms with Crippen molar-refractivity contribution in [2.75, 3.05) is 20.3 Å². The smallest absolute Gasteiger partial charge is 0.288 e. The van der Waals surface area contributed by atoms with Crippen LogP contribution in [0.25, 0.3) is 0 Å². The standard InChI is InChI=1S/C13H17ClN2O5/c1-13(18,6-7-21-2)8-15-12(17)9-4-3-5-10(11(9)14)16(19)20/h3-5,18H,6-8H2,1-2H3,(H,15,17). The van der Waals surface area contributed by atoms with Crippen LogP contribution in [0, 0.1) is 10.1 Å². The lowest BCUT2D eigenvalue weighted by Crippen LogP contribution is -2.41. The third-order valence-corrected chi connectivity index (χ3v) is 3.29. The molecule has 0 bridgehead atoms. The maximum Gasteiger partial charge on any atom is 0.288 e. The molecule has 1 unspecified atom stereocenters. The van der Waals surface area contributed by atoms with Gasteiger partial charge in [0.15, 0.2) is 0 Å². The Morgan fingerprint density at radius 1 is 1.57 bits per heavy atom. The first-order valence-corrected chi connectivity index (χ1v) is 6.59. The van der Waals surface area contributed by atoms with Gasteiger partial charge in [-0.05, 0) is 13.0 Å². The molecule has 0 heterocycles. The number of carbonyl (C=O) groups is 1. The Bertz CT molecular complexity index is 533. The summed E-state index contributed by atoms with van der Waals surface area (Å²) in [5.74, 6) is -0.582. The molecule has 0 spiro atoms. The van der Waals surface area contributed by atoms with Crippen molar-refractivity contribution in [2.45, 2.75) is 18.9 Å². The first kappa shape index (κ1) is 17.4. The molecule has 1 amide bonds. The molecule has 0 saturated carbocycles. The number of hydrogen-bond acceptors (Lipinski definition) is 5. The molecular formula is C13H17ClN2O5. The van der Waals surface area contributed by atoms with Crippen LogP contribution in [0.4, 0.5) is 5.69 Å². The van der Waals surface area contributed by atoms with E-state index in [1.54, 1.807) is 6.92 Å². The summed E-state index contributed by atoms with van der Waals surface area (Å²) in [6.07, 6.45) is 0.340. The Morgan fingerprint density at radius 3 is 2.81 bits per heavy atom. The number of nitro benzene ring substituents is 1. The first-order chi connectivity index (χ1) is 9.78. The SMILES string of the molecule is COCCC(C)(O)CNC(=O)c1cccc([N+](=O)[O-])c1Cl. The number of nitrogens with one attached hydrogen (secondary N) is 1. The van der Waals surface area contributed by atoms with E-state index in [-0.39, 0.29) is 22.8 Å². The second-order valence-corrected chi connectivity index (χ2v) is 5.20. The van der Waals surface area contributed by atoms with Crippen LogP contribution in [0.1, 0.15) is 23.7 Å². The van der Waals surface area contributed by atoms with Crippen LogP contribution in [0.15, 0.2) is 18.2 Å². The Kier molecular flexibility index (Phi) is 6.07. The molecule has 0 aliphatic carbocycles. The molecule has 0 aliphatic rings. The van der Waals surface area contributed by atoms with E-state index in [1.807, 2.05) is 0 Å². The van der Waals surface area contributed by atoms with E-state index in [0.717, 1.165) is 0 Å². The van der Waals surface area contributed by atoms with Gasteiger partial charge in [-0.15, -0.1) is 0 Å². The predicted molar refractivity (Wildman–Crippen MR) is 77.6 cm³/mol. The van der Waals surface area contributed by atoms with E-state index in [4.69, 9.17) is 16.3 Å². The molecular weight excluding hydrogens is 300 g/mol. The molecule has 2 N–H and O–H groups in total. The maximum atomic E-state index is 12.0. The molecule has 1 aromatic rings. The average molecular weight is 317 g/mol. The lowest BCUT2D eigenvalue weighted by Gasteiger charge is -2.23. The van der Waals surface area contributed by atoms with E-state index < -0.39 is 16.4 Å². The highest BCUT2D eigenvalue weighted by Gasteiger charge is 2.24. The van der Waals surface area contributed by atoms with Gasteiger partial charge in [0.2, 0.25) is 0 Å². The molecule has 8 heteroatoms. The van der Waals surface area contributed by atoms with Crippen molar-refractivity contribution in [1.29, 1.82) is 0 Å². The van der Waals surface area contributed by atoms with Crippen molar-refractivity contribution < 1.29 is 19.6 Å². The van der Waals surface area contributed by atoms with Crippen molar-refractivity contribution in [3.8, 4) is 0 Å². The Balaban J connectivity index is 2.77. The molecule has 1 rings (SSSR count). The van der Waals surface area contributed by atoms with Crippen LogP contribution in [0.5, 0.6) is 0 Å². The summed E-state index contributed by atoms with van der Waals surface area (Å²) >= 11 is 5.85. The Labute approximate surface area is 127 Å². The lowest BCUT2D eigenvalue weighted by molar-refractivity contribution is -0.384. The molecule has 0 saturated heterocycles. The quantitative estimate of drug-likeness (QED) is 0.589. The summed E-state index contributed by atoms with van der Waals surface area (Å²) in [5, 5.41) is 23.1. The Morgan fingerprint density at radius 2 is 2.24 bits per heavy atom. The van der Waals surface area contributed by atoms with Gasteiger partial charge in [0, 0.05) is 32.7 Å². The third-order valence-electron chi connectivity index (χ3n) is 2.89. The molecule has 116 valence electrons. The predicted octanol–water partition coefficient (Wildman–Crippen LogP) is 1.77. The van der Waals surface area contributed by atoms with Crippen LogP contribution in [-0.4, -0.2) is 41.8 Å². The van der Waals surface area contributed by atoms with Gasteiger partial charge in [-0.1, -0.05) is 17.7 Å². The fraction of sp³-hybridized carbons (Fsp3) is 0.462. The van der Waals surface area contributed by atoms with Gasteiger partial charge in [0.25, 0.3) is 11.6 Å². The summed E-state index contributed by atoms with van der Waals surface area (Å²) in [6, 6.07) is 3.98. The van der Waals surface area contributed by atoms with Crippen LogP contribution in [-0.2, 0) is 4.74 Å². The van der Waals surface area contributed by atoms with Crippen LogP contribution >= 0.6 is 11.6 Å². The molecule has 0 aromatic heterocycles. The van der Waals surface area contributed by atoms with Crippen molar-refractivity contribution in [3.63, 3.8) is 0 Å². The van der Waals surface area contributed by atoms with E-state index in [1.165, 1.54) is 25.3 Å². The van der Waals surface area contributed by atoms with E-state index in [9.17, 15) is 20.0 Å². The van der Waals surface area contributed by atoms with E-state index in [2.05, 4.69) is 5.32 Å². The number of halogens is 1. The number of benzene rings is 1. The van der Waals surface area contributed by atoms with Crippen molar-refractivity contribution >= 4 is 23.2 Å². The topological polar surface area (TPSA) is 102 Å². The number of carbonyl (C=O) groups excluding carboxylic acids is 1. The van der Waals surface area contributed by atoms with E-state index in [0.29, 0.717) is 13.0 Å². The van der Waals surface area contributed by atoms with Gasteiger partial charge in [-0.3, -0.25) is 14.9 Å². The number of methoxy groups -OCH3 is 1. The number of aliphatic hydroxyl groups is 1. The van der Waals surface area contributed by atoms with Crippen LogP contribution < -0.4 is 5.32 Å². The minimum absolute atomic E-state index is 0.00610. The van der Waals surface area contributed by atoms with Gasteiger partial charge >= 0.3 is 0 Å². The molecule has 0 radical (unpaired) electrons. The molecule has 1 aromatic carbocycles. The summed E-state index contributed by atoms with van der Waals surface area (Å²) < 4.78 is 4.86. The van der Waals surface area contributed by atoms with Crippen molar-refractivity contribution in [2.24, 2.45) is 0 Å². The Hall–Kier alpha value is -1.70. The second-order valence-electron chi connectivity index (χ2n) is 4.82. The van der Waals surface area contributed by atoms with Gasteiger partial charge in [-0.25, -0.2) is 0 Å². The van der Waals surface area contributed by atoms with Gasteiger partial charge in [0.1, 0.15) is 5.02 Å².